The maximum atomic E-state index is 6.38. The molecular formula is C52H34N2O. The number of hydrogen-bond donors (Lipinski definition) is 0. The Bertz CT molecular complexity index is 3160. The number of aromatic nitrogens is 1. The van der Waals surface area contributed by atoms with Gasteiger partial charge in [0.1, 0.15) is 11.2 Å². The lowest BCUT2D eigenvalue weighted by atomic mass is 9.96. The second-order valence-electron chi connectivity index (χ2n) is 14.1. The average Bonchev–Trinajstić information content (AvgIpc) is 3.80. The van der Waals surface area contributed by atoms with Gasteiger partial charge in [0.15, 0.2) is 0 Å². The fourth-order valence-electron chi connectivity index (χ4n) is 8.56. The van der Waals surface area contributed by atoms with E-state index in [0.717, 1.165) is 55.8 Å². The molecule has 0 saturated heterocycles. The maximum absolute atomic E-state index is 6.38. The zero-order chi connectivity index (χ0) is 36.3. The fraction of sp³-hybridized carbons (Fsp3) is 0. The molecule has 0 amide bonds. The van der Waals surface area contributed by atoms with Crippen LogP contribution in [0.5, 0.6) is 0 Å². The van der Waals surface area contributed by atoms with Crippen LogP contribution in [0.2, 0.25) is 0 Å². The SMILES string of the molecule is c1cc(N(c2ccc(-c3cccc4ccccc34)cc2)c2ccccc2-c2cccc3oc4ccccc4c23)cc(-n2c3ccccc3c3ccccc32)c1. The molecule has 258 valence electrons. The molecule has 0 saturated carbocycles. The molecule has 2 aromatic heterocycles. The third-order valence-electron chi connectivity index (χ3n) is 11.0. The lowest BCUT2D eigenvalue weighted by Gasteiger charge is -2.29. The first-order valence-electron chi connectivity index (χ1n) is 18.8. The van der Waals surface area contributed by atoms with Gasteiger partial charge in [0.05, 0.1) is 16.7 Å². The Hall–Kier alpha value is -7.36. The Kier molecular flexibility index (Phi) is 7.17. The van der Waals surface area contributed by atoms with Crippen LogP contribution in [0.25, 0.3) is 82.5 Å². The number of furan rings is 1. The van der Waals surface area contributed by atoms with E-state index < -0.39 is 0 Å². The first-order chi connectivity index (χ1) is 27.3. The molecule has 0 atom stereocenters. The third kappa shape index (κ3) is 5.05. The largest absolute Gasteiger partial charge is 0.456 e. The topological polar surface area (TPSA) is 21.3 Å². The molecule has 9 aromatic carbocycles. The van der Waals surface area contributed by atoms with Crippen LogP contribution in [-0.2, 0) is 0 Å². The highest BCUT2D eigenvalue weighted by Gasteiger charge is 2.21. The van der Waals surface area contributed by atoms with Crippen molar-refractivity contribution >= 4 is 71.6 Å². The molecule has 3 nitrogen and oxygen atoms in total. The molecule has 0 spiro atoms. The molecule has 0 aliphatic rings. The van der Waals surface area contributed by atoms with E-state index in [4.69, 9.17) is 4.42 Å². The summed E-state index contributed by atoms with van der Waals surface area (Å²) in [4.78, 5) is 2.40. The van der Waals surface area contributed by atoms with E-state index >= 15 is 0 Å². The van der Waals surface area contributed by atoms with Gasteiger partial charge in [0.25, 0.3) is 0 Å². The highest BCUT2D eigenvalue weighted by molar-refractivity contribution is 6.14. The summed E-state index contributed by atoms with van der Waals surface area (Å²) in [5.41, 5.74) is 13.1. The highest BCUT2D eigenvalue weighted by atomic mass is 16.3. The van der Waals surface area contributed by atoms with Crippen LogP contribution in [0.15, 0.2) is 211 Å². The summed E-state index contributed by atoms with van der Waals surface area (Å²) in [5, 5.41) is 7.21. The van der Waals surface area contributed by atoms with Crippen LogP contribution in [0.3, 0.4) is 0 Å². The fourth-order valence-corrected chi connectivity index (χ4v) is 8.56. The lowest BCUT2D eigenvalue weighted by molar-refractivity contribution is 0.669. The Morgan fingerprint density at radius 2 is 0.964 bits per heavy atom. The third-order valence-corrected chi connectivity index (χ3v) is 11.0. The number of rotatable bonds is 6. The van der Waals surface area contributed by atoms with E-state index in [2.05, 4.69) is 210 Å². The summed E-state index contributed by atoms with van der Waals surface area (Å²) in [6.45, 7) is 0. The molecule has 3 heteroatoms. The van der Waals surface area contributed by atoms with Gasteiger partial charge in [-0.2, -0.15) is 0 Å². The maximum Gasteiger partial charge on any atom is 0.136 e. The van der Waals surface area contributed by atoms with Crippen molar-refractivity contribution in [2.75, 3.05) is 4.90 Å². The minimum atomic E-state index is 0.882. The van der Waals surface area contributed by atoms with Crippen molar-refractivity contribution in [1.82, 2.24) is 4.57 Å². The molecule has 11 rings (SSSR count). The van der Waals surface area contributed by atoms with Crippen molar-refractivity contribution in [3.05, 3.63) is 206 Å². The summed E-state index contributed by atoms with van der Waals surface area (Å²) in [6.07, 6.45) is 0. The lowest BCUT2D eigenvalue weighted by Crippen LogP contribution is -2.12. The van der Waals surface area contributed by atoms with Crippen molar-refractivity contribution in [1.29, 1.82) is 0 Å². The van der Waals surface area contributed by atoms with Gasteiger partial charge in [-0.25, -0.2) is 0 Å². The zero-order valence-electron chi connectivity index (χ0n) is 29.9. The Morgan fingerprint density at radius 3 is 1.78 bits per heavy atom. The second-order valence-corrected chi connectivity index (χ2v) is 14.1. The van der Waals surface area contributed by atoms with Gasteiger partial charge < -0.3 is 13.9 Å². The van der Waals surface area contributed by atoms with Crippen molar-refractivity contribution in [3.63, 3.8) is 0 Å². The quantitative estimate of drug-likeness (QED) is 0.172. The average molecular weight is 703 g/mol. The zero-order valence-corrected chi connectivity index (χ0v) is 29.9. The second kappa shape index (κ2) is 12.6. The molecule has 0 aliphatic carbocycles. The van der Waals surface area contributed by atoms with Gasteiger partial charge in [0, 0.05) is 44.2 Å². The Morgan fingerprint density at radius 1 is 0.382 bits per heavy atom. The van der Waals surface area contributed by atoms with Crippen LogP contribution >= 0.6 is 0 Å². The van der Waals surface area contributed by atoms with E-state index in [1.54, 1.807) is 0 Å². The van der Waals surface area contributed by atoms with Crippen LogP contribution in [0.1, 0.15) is 0 Å². The van der Waals surface area contributed by atoms with Gasteiger partial charge in [-0.1, -0.05) is 146 Å². The number of para-hydroxylation sites is 4. The Balaban J connectivity index is 1.14. The molecule has 11 aromatic rings. The minimum Gasteiger partial charge on any atom is -0.456 e. The molecule has 0 N–H and O–H groups in total. The predicted molar refractivity (Wildman–Crippen MR) is 231 cm³/mol. The van der Waals surface area contributed by atoms with Gasteiger partial charge in [-0.3, -0.25) is 0 Å². The predicted octanol–water partition coefficient (Wildman–Crippen LogP) is 14.6. The standard InChI is InChI=1S/C52H34N2O/c1-2-18-40-35(14-1)15-11-23-41(40)36-30-32-37(33-31-36)53(38-16-12-17-39(34-38)54-48-26-8-3-19-42(48)43-20-4-9-27-49(43)54)47-25-7-5-21-44(47)45-24-13-29-51-52(45)46-22-6-10-28-50(46)55-51/h1-34H. The van der Waals surface area contributed by atoms with Crippen molar-refractivity contribution in [2.45, 2.75) is 0 Å². The summed E-state index contributed by atoms with van der Waals surface area (Å²) < 4.78 is 8.77. The number of anilines is 3. The molecule has 0 unspecified atom stereocenters. The van der Waals surface area contributed by atoms with Crippen molar-refractivity contribution < 1.29 is 4.42 Å². The van der Waals surface area contributed by atoms with Crippen LogP contribution in [0, 0.1) is 0 Å². The molecule has 55 heavy (non-hydrogen) atoms. The molecule has 2 heterocycles. The number of fused-ring (bicyclic) bond motifs is 7. The van der Waals surface area contributed by atoms with Crippen molar-refractivity contribution in [3.8, 4) is 27.9 Å². The molecule has 0 bridgehead atoms. The van der Waals surface area contributed by atoms with Crippen molar-refractivity contribution in [2.24, 2.45) is 0 Å². The summed E-state index contributed by atoms with van der Waals surface area (Å²) in [5.74, 6) is 0. The summed E-state index contributed by atoms with van der Waals surface area (Å²) in [7, 11) is 0. The number of benzene rings is 9. The molecular weight excluding hydrogens is 669 g/mol. The van der Waals surface area contributed by atoms with E-state index in [1.807, 2.05) is 6.07 Å². The van der Waals surface area contributed by atoms with Crippen LogP contribution in [-0.4, -0.2) is 4.57 Å². The smallest absolute Gasteiger partial charge is 0.136 e. The molecule has 0 fully saturated rings. The van der Waals surface area contributed by atoms with Gasteiger partial charge in [-0.05, 0) is 88.1 Å². The Labute approximate surface area is 318 Å². The first kappa shape index (κ1) is 31.2. The molecule has 0 radical (unpaired) electrons. The van der Waals surface area contributed by atoms with Gasteiger partial charge >= 0.3 is 0 Å². The normalized spacial score (nSPS) is 11.6. The summed E-state index contributed by atoms with van der Waals surface area (Å²) in [6, 6.07) is 74.0. The van der Waals surface area contributed by atoms with Crippen LogP contribution in [0.4, 0.5) is 17.1 Å². The summed E-state index contributed by atoms with van der Waals surface area (Å²) >= 11 is 0. The highest BCUT2D eigenvalue weighted by Crippen LogP contribution is 2.46. The first-order valence-corrected chi connectivity index (χ1v) is 18.8. The number of nitrogens with zero attached hydrogens (tertiary/aromatic N) is 2. The van der Waals surface area contributed by atoms with E-state index in [1.165, 1.54) is 43.7 Å². The van der Waals surface area contributed by atoms with Gasteiger partial charge in [0.2, 0.25) is 0 Å². The van der Waals surface area contributed by atoms with Gasteiger partial charge in [-0.15, -0.1) is 0 Å². The molecule has 0 aliphatic heterocycles. The monoisotopic (exact) mass is 702 g/mol. The van der Waals surface area contributed by atoms with E-state index in [-0.39, 0.29) is 0 Å². The minimum absolute atomic E-state index is 0.882. The number of hydrogen-bond acceptors (Lipinski definition) is 2. The van der Waals surface area contributed by atoms with Crippen LogP contribution < -0.4 is 4.90 Å². The van der Waals surface area contributed by atoms with E-state index in [0.29, 0.717) is 0 Å². The van der Waals surface area contributed by atoms with E-state index in [9.17, 15) is 0 Å².